The van der Waals surface area contributed by atoms with Crippen molar-refractivity contribution < 1.29 is 14.3 Å². The molecule has 0 bridgehead atoms. The molecule has 3 N–H and O–H groups in total. The first-order valence-corrected chi connectivity index (χ1v) is 6.40. The van der Waals surface area contributed by atoms with Crippen LogP contribution in [-0.2, 0) is 16.1 Å². The molecule has 0 aliphatic heterocycles. The average Bonchev–Trinajstić information content (AvgIpc) is 2.83. The van der Waals surface area contributed by atoms with Gasteiger partial charge in [0, 0.05) is 11.9 Å². The van der Waals surface area contributed by atoms with Gasteiger partial charge in [-0.25, -0.2) is 9.78 Å². The van der Waals surface area contributed by atoms with Gasteiger partial charge < -0.3 is 15.8 Å². The quantitative estimate of drug-likeness (QED) is 0.762. The Morgan fingerprint density at radius 2 is 2.22 bits per heavy atom. The van der Waals surface area contributed by atoms with Crippen LogP contribution in [0, 0.1) is 5.92 Å². The highest BCUT2D eigenvalue weighted by molar-refractivity contribution is 7.09. The molecular weight excluding hydrogens is 254 g/mol. The lowest BCUT2D eigenvalue weighted by Crippen LogP contribution is -2.45. The second-order valence-electron chi connectivity index (χ2n) is 4.05. The lowest BCUT2D eigenvalue weighted by atomic mass is 10.0. The zero-order valence-corrected chi connectivity index (χ0v) is 11.4. The number of hydrogen-bond acceptors (Lipinski definition) is 6. The second-order valence-corrected chi connectivity index (χ2v) is 4.99. The molecule has 1 heterocycles. The van der Waals surface area contributed by atoms with Crippen LogP contribution in [0.1, 0.15) is 29.3 Å². The van der Waals surface area contributed by atoms with Gasteiger partial charge >= 0.3 is 5.97 Å². The summed E-state index contributed by atoms with van der Waals surface area (Å²) in [7, 11) is 1.29. The maximum absolute atomic E-state index is 11.9. The molecule has 7 heteroatoms. The largest absolute Gasteiger partial charge is 0.467 e. The van der Waals surface area contributed by atoms with Gasteiger partial charge in [0.25, 0.3) is 5.91 Å². The molecule has 0 aliphatic rings. The first kappa shape index (κ1) is 14.6. The smallest absolute Gasteiger partial charge is 0.328 e. The molecule has 0 fully saturated rings. The summed E-state index contributed by atoms with van der Waals surface area (Å²) in [4.78, 5) is 27.5. The van der Waals surface area contributed by atoms with Crippen molar-refractivity contribution in [1.29, 1.82) is 0 Å². The Morgan fingerprint density at radius 1 is 1.56 bits per heavy atom. The number of nitrogens with two attached hydrogens (primary N) is 1. The molecule has 0 aliphatic carbocycles. The van der Waals surface area contributed by atoms with Crippen molar-refractivity contribution in [3.8, 4) is 0 Å². The Kier molecular flexibility index (Phi) is 5.24. The van der Waals surface area contributed by atoms with Gasteiger partial charge in [0.05, 0.1) is 7.11 Å². The minimum Gasteiger partial charge on any atom is -0.467 e. The van der Waals surface area contributed by atoms with Crippen LogP contribution in [-0.4, -0.2) is 30.0 Å². The number of carbonyl (C=O) groups is 2. The summed E-state index contributed by atoms with van der Waals surface area (Å²) >= 11 is 1.31. The third-order valence-electron chi connectivity index (χ3n) is 2.37. The normalized spacial score (nSPS) is 12.3. The maximum Gasteiger partial charge on any atom is 0.328 e. The lowest BCUT2D eigenvalue weighted by molar-refractivity contribution is -0.144. The van der Waals surface area contributed by atoms with Gasteiger partial charge in [0.1, 0.15) is 16.7 Å². The molecule has 0 aromatic carbocycles. The van der Waals surface area contributed by atoms with E-state index in [4.69, 9.17) is 5.73 Å². The van der Waals surface area contributed by atoms with Gasteiger partial charge in [0.2, 0.25) is 0 Å². The van der Waals surface area contributed by atoms with Crippen molar-refractivity contribution in [3.63, 3.8) is 0 Å². The second kappa shape index (κ2) is 6.46. The van der Waals surface area contributed by atoms with E-state index in [9.17, 15) is 9.59 Å². The number of hydrogen-bond donors (Lipinski definition) is 2. The summed E-state index contributed by atoms with van der Waals surface area (Å²) in [5, 5.41) is 4.91. The number of rotatable bonds is 5. The molecule has 0 radical (unpaired) electrons. The number of esters is 1. The van der Waals surface area contributed by atoms with Crippen LogP contribution in [0.4, 0.5) is 0 Å². The molecule has 1 aromatic rings. The van der Waals surface area contributed by atoms with Gasteiger partial charge in [-0.05, 0) is 5.92 Å². The van der Waals surface area contributed by atoms with Crippen LogP contribution in [0.2, 0.25) is 0 Å². The summed E-state index contributed by atoms with van der Waals surface area (Å²) in [6.07, 6.45) is 0. The molecule has 100 valence electrons. The van der Waals surface area contributed by atoms with Crippen LogP contribution in [0.25, 0.3) is 0 Å². The van der Waals surface area contributed by atoms with E-state index in [2.05, 4.69) is 15.0 Å². The monoisotopic (exact) mass is 271 g/mol. The van der Waals surface area contributed by atoms with Crippen LogP contribution >= 0.6 is 11.3 Å². The summed E-state index contributed by atoms with van der Waals surface area (Å²) in [5.74, 6) is -0.920. The molecule has 18 heavy (non-hydrogen) atoms. The first-order chi connectivity index (χ1) is 8.49. The zero-order valence-electron chi connectivity index (χ0n) is 10.6. The van der Waals surface area contributed by atoms with E-state index < -0.39 is 17.9 Å². The van der Waals surface area contributed by atoms with Crippen molar-refractivity contribution in [2.45, 2.75) is 26.4 Å². The summed E-state index contributed by atoms with van der Waals surface area (Å²) in [6.45, 7) is 3.95. The first-order valence-electron chi connectivity index (χ1n) is 5.52. The van der Waals surface area contributed by atoms with Crippen molar-refractivity contribution in [2.24, 2.45) is 11.7 Å². The molecule has 1 aromatic heterocycles. The maximum atomic E-state index is 11.9. The SMILES string of the molecule is COC(=O)[C@@H](NC(=O)c1csc(CN)n1)C(C)C. The molecule has 1 rings (SSSR count). The fourth-order valence-corrected chi connectivity index (χ4v) is 2.00. The van der Waals surface area contributed by atoms with Crippen LogP contribution in [0.3, 0.4) is 0 Å². The van der Waals surface area contributed by atoms with E-state index in [0.717, 1.165) is 0 Å². The van der Waals surface area contributed by atoms with E-state index in [-0.39, 0.29) is 11.6 Å². The summed E-state index contributed by atoms with van der Waals surface area (Å²) in [6, 6.07) is -0.675. The highest BCUT2D eigenvalue weighted by Crippen LogP contribution is 2.10. The third-order valence-corrected chi connectivity index (χ3v) is 3.24. The van der Waals surface area contributed by atoms with Gasteiger partial charge in [-0.2, -0.15) is 0 Å². The Morgan fingerprint density at radius 3 is 2.67 bits per heavy atom. The minimum atomic E-state index is -0.675. The molecule has 0 unspecified atom stereocenters. The Labute approximate surface area is 110 Å². The summed E-state index contributed by atoms with van der Waals surface area (Å²) < 4.78 is 4.65. The number of nitrogens with zero attached hydrogens (tertiary/aromatic N) is 1. The number of thiazole rings is 1. The average molecular weight is 271 g/mol. The van der Waals surface area contributed by atoms with Crippen LogP contribution in [0.5, 0.6) is 0 Å². The topological polar surface area (TPSA) is 94.3 Å². The van der Waals surface area contributed by atoms with E-state index >= 15 is 0 Å². The predicted molar refractivity (Wildman–Crippen MR) is 68.1 cm³/mol. The Bertz CT molecular complexity index is 431. The Hall–Kier alpha value is -1.47. The van der Waals surface area contributed by atoms with Gasteiger partial charge in [0.15, 0.2) is 0 Å². The van der Waals surface area contributed by atoms with E-state index in [0.29, 0.717) is 11.6 Å². The molecule has 0 saturated heterocycles. The highest BCUT2D eigenvalue weighted by Gasteiger charge is 2.26. The van der Waals surface area contributed by atoms with E-state index in [1.54, 1.807) is 5.38 Å². The fraction of sp³-hybridized carbons (Fsp3) is 0.545. The van der Waals surface area contributed by atoms with Crippen molar-refractivity contribution in [3.05, 3.63) is 16.1 Å². The number of ether oxygens (including phenoxy) is 1. The van der Waals surface area contributed by atoms with Crippen LogP contribution in [0.15, 0.2) is 5.38 Å². The zero-order chi connectivity index (χ0) is 13.7. The molecule has 1 atom stereocenters. The number of carbonyl (C=O) groups excluding carboxylic acids is 2. The molecule has 6 nitrogen and oxygen atoms in total. The lowest BCUT2D eigenvalue weighted by Gasteiger charge is -2.19. The number of methoxy groups -OCH3 is 1. The van der Waals surface area contributed by atoms with E-state index in [1.165, 1.54) is 18.4 Å². The minimum absolute atomic E-state index is 0.0611. The molecule has 0 saturated carbocycles. The molecule has 0 spiro atoms. The van der Waals surface area contributed by atoms with E-state index in [1.807, 2.05) is 13.8 Å². The fourth-order valence-electron chi connectivity index (χ4n) is 1.35. The van der Waals surface area contributed by atoms with Crippen LogP contribution < -0.4 is 11.1 Å². The van der Waals surface area contributed by atoms with Gasteiger partial charge in [-0.15, -0.1) is 11.3 Å². The molecule has 1 amide bonds. The van der Waals surface area contributed by atoms with Crippen molar-refractivity contribution in [2.75, 3.05) is 7.11 Å². The highest BCUT2D eigenvalue weighted by atomic mass is 32.1. The van der Waals surface area contributed by atoms with Crippen molar-refractivity contribution in [1.82, 2.24) is 10.3 Å². The third kappa shape index (κ3) is 3.51. The molecular formula is C11H17N3O3S. The standard InChI is InChI=1S/C11H17N3O3S/c1-6(2)9(11(16)17-3)14-10(15)7-5-18-8(4-12)13-7/h5-6,9H,4,12H2,1-3H3,(H,14,15)/t9-/m0/s1. The summed E-state index contributed by atoms with van der Waals surface area (Å²) in [5.41, 5.74) is 5.70. The van der Waals surface area contributed by atoms with Crippen molar-refractivity contribution >= 4 is 23.2 Å². The number of nitrogens with one attached hydrogen (secondary N) is 1. The number of aromatic nitrogens is 1. The van der Waals surface area contributed by atoms with Gasteiger partial charge in [-0.1, -0.05) is 13.8 Å². The predicted octanol–water partition coefficient (Wildman–Crippen LogP) is 0.529. The Balaban J connectivity index is 2.75. The van der Waals surface area contributed by atoms with Gasteiger partial charge in [-0.3, -0.25) is 4.79 Å². The number of amides is 1.